The third-order valence-electron chi connectivity index (χ3n) is 4.53. The lowest BCUT2D eigenvalue weighted by molar-refractivity contribution is -0.166. The number of ether oxygens (including phenoxy) is 4. The summed E-state index contributed by atoms with van der Waals surface area (Å²) in [5.74, 6) is 0.239. The third kappa shape index (κ3) is 8.65. The Balaban J connectivity index is 2.17. The molecular formula is C25H33NO7. The van der Waals surface area contributed by atoms with E-state index in [0.29, 0.717) is 23.7 Å². The van der Waals surface area contributed by atoms with Crippen molar-refractivity contribution in [3.05, 3.63) is 59.7 Å². The fourth-order valence-electron chi connectivity index (χ4n) is 3.05. The number of aliphatic hydroxyl groups is 1. The molecule has 0 saturated heterocycles. The minimum atomic E-state index is -1.61. The maximum atomic E-state index is 12.5. The monoisotopic (exact) mass is 459 g/mol. The predicted molar refractivity (Wildman–Crippen MR) is 123 cm³/mol. The first kappa shape index (κ1) is 26.0. The molecule has 8 heteroatoms. The van der Waals surface area contributed by atoms with E-state index >= 15 is 0 Å². The van der Waals surface area contributed by atoms with Crippen LogP contribution in [0, 0.1) is 0 Å². The molecule has 0 aliphatic rings. The van der Waals surface area contributed by atoms with E-state index in [1.165, 1.54) is 7.11 Å². The first-order chi connectivity index (χ1) is 15.6. The molecule has 0 spiro atoms. The molecular weight excluding hydrogens is 426 g/mol. The van der Waals surface area contributed by atoms with Crippen LogP contribution in [0.5, 0.6) is 11.5 Å². The molecule has 2 rings (SSSR count). The smallest absolute Gasteiger partial charge is 0.407 e. The van der Waals surface area contributed by atoms with Crippen LogP contribution in [0.1, 0.15) is 38.8 Å². The van der Waals surface area contributed by atoms with Crippen molar-refractivity contribution in [2.75, 3.05) is 13.7 Å². The van der Waals surface area contributed by atoms with Crippen LogP contribution in [-0.4, -0.2) is 48.6 Å². The Bertz CT molecular complexity index is 909. The summed E-state index contributed by atoms with van der Waals surface area (Å²) >= 11 is 0. The number of methoxy groups -OCH3 is 1. The lowest BCUT2D eigenvalue weighted by atomic mass is 10.0. The maximum absolute atomic E-state index is 12.5. The second kappa shape index (κ2) is 12.1. The van der Waals surface area contributed by atoms with Crippen LogP contribution < -0.4 is 14.8 Å². The average molecular weight is 460 g/mol. The summed E-state index contributed by atoms with van der Waals surface area (Å²) in [6, 6.07) is 13.4. The molecule has 2 unspecified atom stereocenters. The molecule has 33 heavy (non-hydrogen) atoms. The Kier molecular flexibility index (Phi) is 9.54. The van der Waals surface area contributed by atoms with Crippen molar-refractivity contribution < 1.29 is 33.6 Å². The third-order valence-corrected chi connectivity index (χ3v) is 4.53. The van der Waals surface area contributed by atoms with E-state index in [0.717, 1.165) is 5.56 Å². The molecule has 1 amide bonds. The van der Waals surface area contributed by atoms with Crippen molar-refractivity contribution in [1.29, 1.82) is 0 Å². The van der Waals surface area contributed by atoms with Crippen LogP contribution >= 0.6 is 0 Å². The number of amides is 1. The zero-order valence-electron chi connectivity index (χ0n) is 19.8. The van der Waals surface area contributed by atoms with Crippen molar-refractivity contribution >= 4 is 12.1 Å². The molecule has 2 N–H and O–H groups in total. The number of aliphatic hydroxyl groups excluding tert-OH is 1. The van der Waals surface area contributed by atoms with Crippen LogP contribution in [0.25, 0.3) is 0 Å². The summed E-state index contributed by atoms with van der Waals surface area (Å²) in [5.41, 5.74) is 0.734. The number of nitrogens with one attached hydrogen (secondary N) is 1. The van der Waals surface area contributed by atoms with E-state index in [1.807, 2.05) is 37.3 Å². The summed E-state index contributed by atoms with van der Waals surface area (Å²) in [6.07, 6.45) is -2.24. The van der Waals surface area contributed by atoms with Gasteiger partial charge in [0.25, 0.3) is 0 Å². The molecule has 0 aromatic heterocycles. The summed E-state index contributed by atoms with van der Waals surface area (Å²) < 4.78 is 21.5. The molecule has 0 aliphatic carbocycles. The molecule has 0 aliphatic heterocycles. The lowest BCUT2D eigenvalue weighted by Gasteiger charge is -2.27. The number of esters is 1. The van der Waals surface area contributed by atoms with Gasteiger partial charge in [0, 0.05) is 0 Å². The molecule has 0 fully saturated rings. The first-order valence-electron chi connectivity index (χ1n) is 10.8. The Morgan fingerprint density at radius 3 is 2.33 bits per heavy atom. The summed E-state index contributed by atoms with van der Waals surface area (Å²) in [4.78, 5) is 25.0. The van der Waals surface area contributed by atoms with E-state index < -0.39 is 29.8 Å². The Morgan fingerprint density at radius 2 is 1.73 bits per heavy atom. The van der Waals surface area contributed by atoms with E-state index in [-0.39, 0.29) is 13.0 Å². The van der Waals surface area contributed by atoms with Gasteiger partial charge >= 0.3 is 12.1 Å². The second-order valence-electron chi connectivity index (χ2n) is 8.41. The SMILES string of the molecule is CCOc1ccc(CC(NC(=O)OCc2ccccc2)C(O)C(=O)OC(C)(C)C)cc1OC. The lowest BCUT2D eigenvalue weighted by Crippen LogP contribution is -2.50. The molecule has 0 heterocycles. The van der Waals surface area contributed by atoms with Gasteiger partial charge in [-0.2, -0.15) is 0 Å². The number of alkyl carbamates (subject to hydrolysis) is 1. The van der Waals surface area contributed by atoms with Crippen LogP contribution in [-0.2, 0) is 27.3 Å². The standard InChI is InChI=1S/C25H33NO7/c1-6-31-20-13-12-18(15-21(20)30-5)14-19(22(27)23(28)33-25(2,3)4)26-24(29)32-16-17-10-8-7-9-11-17/h7-13,15,19,22,27H,6,14,16H2,1-5H3,(H,26,29). The van der Waals surface area contributed by atoms with Gasteiger partial charge in [-0.05, 0) is 57.4 Å². The second-order valence-corrected chi connectivity index (χ2v) is 8.41. The van der Waals surface area contributed by atoms with Gasteiger partial charge in [0.2, 0.25) is 0 Å². The van der Waals surface area contributed by atoms with E-state index in [4.69, 9.17) is 18.9 Å². The number of carbonyl (C=O) groups excluding carboxylic acids is 2. The zero-order valence-corrected chi connectivity index (χ0v) is 19.8. The largest absolute Gasteiger partial charge is 0.493 e. The van der Waals surface area contributed by atoms with E-state index in [2.05, 4.69) is 5.32 Å². The van der Waals surface area contributed by atoms with Crippen molar-refractivity contribution in [2.24, 2.45) is 0 Å². The molecule has 2 aromatic carbocycles. The molecule has 0 bridgehead atoms. The minimum absolute atomic E-state index is 0.0544. The molecule has 0 radical (unpaired) electrons. The number of hydrogen-bond donors (Lipinski definition) is 2. The highest BCUT2D eigenvalue weighted by atomic mass is 16.6. The van der Waals surface area contributed by atoms with Gasteiger partial charge in [0.05, 0.1) is 19.8 Å². The van der Waals surface area contributed by atoms with Gasteiger partial charge in [-0.3, -0.25) is 0 Å². The number of rotatable bonds is 10. The highest BCUT2D eigenvalue weighted by Crippen LogP contribution is 2.29. The molecule has 2 atom stereocenters. The average Bonchev–Trinajstić information content (AvgIpc) is 2.77. The predicted octanol–water partition coefficient (Wildman–Crippen LogP) is 3.63. The fraction of sp³-hybridized carbons (Fsp3) is 0.440. The molecule has 180 valence electrons. The number of carbonyl (C=O) groups is 2. The van der Waals surface area contributed by atoms with Gasteiger partial charge in [0.1, 0.15) is 12.2 Å². The summed E-state index contributed by atoms with van der Waals surface area (Å²) in [7, 11) is 1.52. The quantitative estimate of drug-likeness (QED) is 0.523. The van der Waals surface area contributed by atoms with Crippen LogP contribution in [0.3, 0.4) is 0 Å². The van der Waals surface area contributed by atoms with E-state index in [1.54, 1.807) is 39.0 Å². The van der Waals surface area contributed by atoms with Gasteiger partial charge in [-0.25, -0.2) is 9.59 Å². The zero-order chi connectivity index (χ0) is 24.4. The Labute approximate surface area is 194 Å². The molecule has 0 saturated carbocycles. The highest BCUT2D eigenvalue weighted by molar-refractivity contribution is 5.77. The van der Waals surface area contributed by atoms with Gasteiger partial charge in [-0.1, -0.05) is 36.4 Å². The minimum Gasteiger partial charge on any atom is -0.493 e. The van der Waals surface area contributed by atoms with E-state index in [9.17, 15) is 14.7 Å². The maximum Gasteiger partial charge on any atom is 0.407 e. The van der Waals surface area contributed by atoms with Gasteiger partial charge < -0.3 is 29.4 Å². The van der Waals surface area contributed by atoms with Crippen molar-refractivity contribution in [1.82, 2.24) is 5.32 Å². The summed E-state index contributed by atoms with van der Waals surface area (Å²) in [6.45, 7) is 7.50. The summed E-state index contributed by atoms with van der Waals surface area (Å²) in [5, 5.41) is 13.3. The molecule has 8 nitrogen and oxygen atoms in total. The topological polar surface area (TPSA) is 103 Å². The van der Waals surface area contributed by atoms with Gasteiger partial charge in [-0.15, -0.1) is 0 Å². The highest BCUT2D eigenvalue weighted by Gasteiger charge is 2.32. The van der Waals surface area contributed by atoms with Crippen molar-refractivity contribution in [3.63, 3.8) is 0 Å². The number of benzene rings is 2. The van der Waals surface area contributed by atoms with Gasteiger partial charge in [0.15, 0.2) is 17.6 Å². The Hall–Kier alpha value is -3.26. The number of hydrogen-bond acceptors (Lipinski definition) is 7. The first-order valence-corrected chi connectivity index (χ1v) is 10.8. The van der Waals surface area contributed by atoms with Crippen molar-refractivity contribution in [3.8, 4) is 11.5 Å². The molecule has 2 aromatic rings. The van der Waals surface area contributed by atoms with Crippen molar-refractivity contribution in [2.45, 2.75) is 58.5 Å². The normalized spacial score (nSPS) is 12.9. The van der Waals surface area contributed by atoms with Crippen LogP contribution in [0.4, 0.5) is 4.79 Å². The fourth-order valence-corrected chi connectivity index (χ4v) is 3.05. The van der Waals surface area contributed by atoms with Crippen LogP contribution in [0.2, 0.25) is 0 Å². The van der Waals surface area contributed by atoms with Crippen LogP contribution in [0.15, 0.2) is 48.5 Å². The Morgan fingerprint density at radius 1 is 1.03 bits per heavy atom.